The molecule has 2 heterocycles. The highest BCUT2D eigenvalue weighted by Crippen LogP contribution is 2.36. The van der Waals surface area contributed by atoms with Crippen LogP contribution in [0.5, 0.6) is 0 Å². The number of rotatable bonds is 2. The number of hydrogen-bond donors (Lipinski definition) is 0. The van der Waals surface area contributed by atoms with Gasteiger partial charge in [0.15, 0.2) is 0 Å². The fourth-order valence-electron chi connectivity index (χ4n) is 1.42. The van der Waals surface area contributed by atoms with Crippen molar-refractivity contribution in [2.75, 3.05) is 0 Å². The average Bonchev–Trinajstić information content (AvgIpc) is 2.62. The summed E-state index contributed by atoms with van der Waals surface area (Å²) in [6.45, 7) is 6.52. The molecule has 4 heteroatoms. The molecule has 1 saturated heterocycles. The average molecular weight is 237 g/mol. The van der Waals surface area contributed by atoms with Crippen molar-refractivity contribution in [2.24, 2.45) is 0 Å². The highest BCUT2D eigenvalue weighted by Gasteiger charge is 2.52. The highest BCUT2D eigenvalue weighted by atomic mass is 16.7. The standard InChI is InChI=1S/C13H18BNO2/c1-6-10-7-8-11(15-9-10)14-16-12(2,3)13(4,5)17-14/h6-9H,1H2,2-5H3/i1D2,6D,7D,8D,9D. The van der Waals surface area contributed by atoms with E-state index >= 15 is 0 Å². The summed E-state index contributed by atoms with van der Waals surface area (Å²) < 4.78 is 57.5. The molecule has 0 saturated carbocycles. The van der Waals surface area contributed by atoms with Crippen LogP contribution in [0.15, 0.2) is 24.8 Å². The van der Waals surface area contributed by atoms with Crippen LogP contribution >= 0.6 is 0 Å². The molecule has 3 nitrogen and oxygen atoms in total. The Hall–Kier alpha value is -1.13. The molecule has 0 radical (unpaired) electrons. The lowest BCUT2D eigenvalue weighted by molar-refractivity contribution is 0.00578. The fourth-order valence-corrected chi connectivity index (χ4v) is 1.42. The van der Waals surface area contributed by atoms with Crippen LogP contribution in [0.1, 0.15) is 41.5 Å². The van der Waals surface area contributed by atoms with Crippen molar-refractivity contribution in [1.82, 2.24) is 4.98 Å². The van der Waals surface area contributed by atoms with Crippen molar-refractivity contribution < 1.29 is 17.5 Å². The van der Waals surface area contributed by atoms with Crippen LogP contribution in [0.2, 0.25) is 0 Å². The smallest absolute Gasteiger partial charge is 0.398 e. The zero-order valence-electron chi connectivity index (χ0n) is 16.3. The molecular formula is C13H18BNO2. The first-order valence-corrected chi connectivity index (χ1v) is 5.37. The Morgan fingerprint density at radius 3 is 2.65 bits per heavy atom. The second-order valence-electron chi connectivity index (χ2n) is 4.95. The quantitative estimate of drug-likeness (QED) is 0.737. The molecule has 0 aromatic carbocycles. The number of aromatic nitrogens is 1. The molecule has 0 amide bonds. The van der Waals surface area contributed by atoms with E-state index in [1.54, 1.807) is 0 Å². The maximum atomic E-state index is 8.07. The molecule has 1 aromatic rings. The van der Waals surface area contributed by atoms with Gasteiger partial charge in [-0.2, -0.15) is 0 Å². The van der Waals surface area contributed by atoms with Gasteiger partial charge in [-0.1, -0.05) is 18.6 Å². The van der Waals surface area contributed by atoms with Gasteiger partial charge in [-0.3, -0.25) is 4.98 Å². The summed E-state index contributed by atoms with van der Waals surface area (Å²) in [4.78, 5) is 3.94. The first-order valence-electron chi connectivity index (χ1n) is 8.37. The fraction of sp³-hybridized carbons (Fsp3) is 0.462. The van der Waals surface area contributed by atoms with Gasteiger partial charge in [-0.05, 0) is 39.3 Å². The topological polar surface area (TPSA) is 31.4 Å². The number of nitrogens with zero attached hydrogens (tertiary/aromatic N) is 1. The van der Waals surface area contributed by atoms with Crippen molar-refractivity contribution in [3.05, 3.63) is 30.4 Å². The van der Waals surface area contributed by atoms with Gasteiger partial charge in [-0.25, -0.2) is 0 Å². The molecule has 1 aromatic heterocycles. The monoisotopic (exact) mass is 237 g/mol. The number of pyridine rings is 1. The van der Waals surface area contributed by atoms with E-state index in [9.17, 15) is 0 Å². The van der Waals surface area contributed by atoms with Gasteiger partial charge in [0.25, 0.3) is 0 Å². The molecule has 0 atom stereocenters. The molecule has 17 heavy (non-hydrogen) atoms. The Morgan fingerprint density at radius 1 is 1.41 bits per heavy atom. The van der Waals surface area contributed by atoms with Crippen molar-refractivity contribution in [2.45, 2.75) is 38.9 Å². The third-order valence-corrected chi connectivity index (χ3v) is 3.21. The third kappa shape index (κ3) is 2.15. The van der Waals surface area contributed by atoms with Crippen molar-refractivity contribution in [3.8, 4) is 0 Å². The molecular weight excluding hydrogens is 213 g/mol. The van der Waals surface area contributed by atoms with E-state index < -0.39 is 43.1 Å². The zero-order chi connectivity index (χ0) is 17.7. The van der Waals surface area contributed by atoms with Crippen molar-refractivity contribution >= 4 is 18.8 Å². The van der Waals surface area contributed by atoms with E-state index in [1.807, 2.05) is 27.7 Å². The second kappa shape index (κ2) is 3.96. The van der Waals surface area contributed by atoms with Gasteiger partial charge in [0.2, 0.25) is 0 Å². The van der Waals surface area contributed by atoms with Gasteiger partial charge in [0, 0.05) is 6.17 Å². The second-order valence-corrected chi connectivity index (χ2v) is 4.95. The summed E-state index contributed by atoms with van der Waals surface area (Å²) >= 11 is 0. The Balaban J connectivity index is 2.55. The van der Waals surface area contributed by atoms with E-state index in [1.165, 1.54) is 0 Å². The van der Waals surface area contributed by atoms with Crippen LogP contribution in [0.3, 0.4) is 0 Å². The predicted molar refractivity (Wildman–Crippen MR) is 70.0 cm³/mol. The summed E-state index contributed by atoms with van der Waals surface area (Å²) in [5, 5.41) is 0. The molecule has 0 unspecified atom stereocenters. The molecule has 0 bridgehead atoms. The van der Waals surface area contributed by atoms with Gasteiger partial charge in [-0.15, -0.1) is 0 Å². The van der Waals surface area contributed by atoms with Crippen LogP contribution in [-0.4, -0.2) is 23.3 Å². The minimum absolute atomic E-state index is 0.00767. The van der Waals surface area contributed by atoms with Crippen molar-refractivity contribution in [1.29, 1.82) is 0 Å². The molecule has 0 spiro atoms. The zero-order valence-corrected chi connectivity index (χ0v) is 10.3. The first kappa shape index (κ1) is 6.71. The Bertz CT molecular complexity index is 672. The van der Waals surface area contributed by atoms with E-state index in [-0.39, 0.29) is 17.2 Å². The summed E-state index contributed by atoms with van der Waals surface area (Å²) in [6.07, 6.45) is -0.447. The first-order chi connectivity index (χ1) is 10.4. The van der Waals surface area contributed by atoms with E-state index in [4.69, 9.17) is 17.5 Å². The lowest BCUT2D eigenvalue weighted by Gasteiger charge is -2.32. The Morgan fingerprint density at radius 2 is 2.06 bits per heavy atom. The normalized spacial score (nSPS) is 26.2. The molecule has 0 aliphatic carbocycles. The lowest BCUT2D eigenvalue weighted by Crippen LogP contribution is -2.41. The van der Waals surface area contributed by atoms with Crippen LogP contribution in [0, 0.1) is 0 Å². The van der Waals surface area contributed by atoms with Crippen molar-refractivity contribution in [3.63, 3.8) is 0 Å². The Labute approximate surface area is 111 Å². The van der Waals surface area contributed by atoms with Gasteiger partial charge < -0.3 is 9.31 Å². The highest BCUT2D eigenvalue weighted by molar-refractivity contribution is 6.61. The van der Waals surface area contributed by atoms with E-state index in [0.29, 0.717) is 0 Å². The molecule has 2 rings (SSSR count). The molecule has 90 valence electrons. The van der Waals surface area contributed by atoms with Gasteiger partial charge >= 0.3 is 7.12 Å². The van der Waals surface area contributed by atoms with Crippen LogP contribution in [0.4, 0.5) is 0 Å². The number of hydrogen-bond acceptors (Lipinski definition) is 3. The van der Waals surface area contributed by atoms with Crippen LogP contribution < -0.4 is 5.59 Å². The minimum Gasteiger partial charge on any atom is -0.398 e. The maximum absolute atomic E-state index is 8.07. The Kier molecular flexibility index (Phi) is 1.57. The van der Waals surface area contributed by atoms with Crippen LogP contribution in [0.25, 0.3) is 6.05 Å². The summed E-state index contributed by atoms with van der Waals surface area (Å²) in [6, 6.07) is -1.38. The van der Waals surface area contributed by atoms with E-state index in [0.717, 1.165) is 0 Å². The van der Waals surface area contributed by atoms with E-state index in [2.05, 4.69) is 4.98 Å². The summed E-state index contributed by atoms with van der Waals surface area (Å²) in [5.74, 6) is 0. The summed E-state index contributed by atoms with van der Waals surface area (Å²) in [5.41, 5.74) is -1.61. The summed E-state index contributed by atoms with van der Waals surface area (Å²) in [7, 11) is -0.987. The lowest BCUT2D eigenvalue weighted by atomic mass is 9.84. The minimum atomic E-state index is -0.987. The van der Waals surface area contributed by atoms with Crippen LogP contribution in [-0.2, 0) is 9.31 Å². The SMILES string of the molecule is [2H]C([2H])=C([2H])c1c([2H])nc(B2OC(C)(C)C(C)(C)O2)c([2H])c1[2H]. The predicted octanol–water partition coefficient (Wildman–Crippen LogP) is 2.02. The molecule has 0 N–H and O–H groups in total. The third-order valence-electron chi connectivity index (χ3n) is 3.21. The largest absolute Gasteiger partial charge is 0.514 e. The molecule has 1 fully saturated rings. The van der Waals surface area contributed by atoms with Gasteiger partial charge in [0.1, 0.15) is 0 Å². The van der Waals surface area contributed by atoms with Gasteiger partial charge in [0.05, 0.1) is 25.0 Å². The molecule has 1 aliphatic heterocycles. The maximum Gasteiger partial charge on any atom is 0.514 e. The molecule has 1 aliphatic rings.